The molecule has 0 fully saturated rings. The largest absolute Gasteiger partial charge is 0.384 e. The van der Waals surface area contributed by atoms with Crippen LogP contribution >= 0.6 is 11.6 Å². The topological polar surface area (TPSA) is 32.3 Å². The summed E-state index contributed by atoms with van der Waals surface area (Å²) in [4.78, 5) is 0. The molecule has 0 spiro atoms. The molecular formula is C11H16ClNO. The average molecular weight is 214 g/mol. The van der Waals surface area contributed by atoms with Gasteiger partial charge in [-0.25, -0.2) is 0 Å². The Bertz CT molecular complexity index is 323. The van der Waals surface area contributed by atoms with Crippen molar-refractivity contribution < 1.29 is 5.11 Å². The monoisotopic (exact) mass is 213 g/mol. The molecule has 14 heavy (non-hydrogen) atoms. The van der Waals surface area contributed by atoms with Gasteiger partial charge in [-0.2, -0.15) is 0 Å². The van der Waals surface area contributed by atoms with Crippen molar-refractivity contribution in [2.24, 2.45) is 0 Å². The molecule has 0 bridgehead atoms. The second-order valence-corrected chi connectivity index (χ2v) is 4.18. The van der Waals surface area contributed by atoms with Crippen LogP contribution in [0.25, 0.3) is 0 Å². The zero-order chi connectivity index (χ0) is 10.8. The van der Waals surface area contributed by atoms with Crippen LogP contribution in [0.2, 0.25) is 5.02 Å². The van der Waals surface area contributed by atoms with Gasteiger partial charge in [-0.05, 0) is 38.1 Å². The lowest BCUT2D eigenvalue weighted by Gasteiger charge is -2.23. The van der Waals surface area contributed by atoms with Gasteiger partial charge in [0.1, 0.15) is 0 Å². The maximum Gasteiger partial charge on any atom is 0.0992 e. The number of hydrogen-bond acceptors (Lipinski definition) is 2. The molecule has 3 heteroatoms. The highest BCUT2D eigenvalue weighted by Crippen LogP contribution is 2.24. The standard InChI is InChI=1S/C11H16ClNO/c1-8-4-5-9(6-10(8)12)11(2,14)7-13-3/h4-6,13-14H,7H2,1-3H3. The molecule has 2 nitrogen and oxygen atoms in total. The molecule has 1 aromatic carbocycles. The van der Waals surface area contributed by atoms with E-state index in [9.17, 15) is 5.11 Å². The number of likely N-dealkylation sites (N-methyl/N-ethyl adjacent to an activating group) is 1. The first-order valence-electron chi connectivity index (χ1n) is 4.61. The summed E-state index contributed by atoms with van der Waals surface area (Å²) in [5, 5.41) is 13.7. The van der Waals surface area contributed by atoms with Gasteiger partial charge < -0.3 is 10.4 Å². The van der Waals surface area contributed by atoms with Crippen LogP contribution in [0.3, 0.4) is 0 Å². The summed E-state index contributed by atoms with van der Waals surface area (Å²) in [6.07, 6.45) is 0. The van der Waals surface area contributed by atoms with Crippen molar-refractivity contribution in [3.63, 3.8) is 0 Å². The van der Waals surface area contributed by atoms with Gasteiger partial charge in [0.25, 0.3) is 0 Å². The predicted molar refractivity (Wildman–Crippen MR) is 59.7 cm³/mol. The summed E-state index contributed by atoms with van der Waals surface area (Å²) in [7, 11) is 1.81. The van der Waals surface area contributed by atoms with Gasteiger partial charge in [0.2, 0.25) is 0 Å². The van der Waals surface area contributed by atoms with Gasteiger partial charge in [-0.15, -0.1) is 0 Å². The van der Waals surface area contributed by atoms with Crippen molar-refractivity contribution in [1.29, 1.82) is 0 Å². The summed E-state index contributed by atoms with van der Waals surface area (Å²) in [6.45, 7) is 4.22. The fourth-order valence-corrected chi connectivity index (χ4v) is 1.55. The highest BCUT2D eigenvalue weighted by atomic mass is 35.5. The Labute approximate surface area is 89.9 Å². The van der Waals surface area contributed by atoms with Crippen LogP contribution < -0.4 is 5.32 Å². The first-order valence-corrected chi connectivity index (χ1v) is 4.99. The van der Waals surface area contributed by atoms with E-state index < -0.39 is 5.60 Å². The Morgan fingerprint density at radius 1 is 1.50 bits per heavy atom. The third kappa shape index (κ3) is 2.47. The molecule has 78 valence electrons. The van der Waals surface area contributed by atoms with Gasteiger partial charge in [0.15, 0.2) is 0 Å². The van der Waals surface area contributed by atoms with Crippen LogP contribution in [0, 0.1) is 6.92 Å². The van der Waals surface area contributed by atoms with Crippen LogP contribution in [0.1, 0.15) is 18.1 Å². The summed E-state index contributed by atoms with van der Waals surface area (Å²) in [6, 6.07) is 5.63. The van der Waals surface area contributed by atoms with Crippen molar-refractivity contribution in [1.82, 2.24) is 5.32 Å². The quantitative estimate of drug-likeness (QED) is 0.806. The number of hydrogen-bond donors (Lipinski definition) is 2. The van der Waals surface area contributed by atoms with E-state index >= 15 is 0 Å². The Hall–Kier alpha value is -0.570. The molecule has 2 N–H and O–H groups in total. The number of aliphatic hydroxyl groups is 1. The molecule has 0 aliphatic carbocycles. The fraction of sp³-hybridized carbons (Fsp3) is 0.455. The number of aryl methyl sites for hydroxylation is 1. The number of rotatable bonds is 3. The van der Waals surface area contributed by atoms with E-state index in [0.29, 0.717) is 11.6 Å². The number of halogens is 1. The van der Waals surface area contributed by atoms with Gasteiger partial charge in [0, 0.05) is 11.6 Å². The Kier molecular flexibility index (Phi) is 3.53. The maximum atomic E-state index is 10.1. The molecule has 0 saturated heterocycles. The zero-order valence-electron chi connectivity index (χ0n) is 8.76. The highest BCUT2D eigenvalue weighted by molar-refractivity contribution is 6.31. The van der Waals surface area contributed by atoms with Crippen molar-refractivity contribution in [3.8, 4) is 0 Å². The van der Waals surface area contributed by atoms with Crippen molar-refractivity contribution in [3.05, 3.63) is 34.3 Å². The molecule has 1 aromatic rings. The molecule has 0 heterocycles. The number of benzene rings is 1. The third-order valence-corrected chi connectivity index (χ3v) is 2.72. The number of nitrogens with one attached hydrogen (secondary N) is 1. The fourth-order valence-electron chi connectivity index (χ4n) is 1.37. The van der Waals surface area contributed by atoms with Crippen LogP contribution in [-0.2, 0) is 5.60 Å². The molecule has 1 atom stereocenters. The van der Waals surface area contributed by atoms with Gasteiger partial charge in [-0.3, -0.25) is 0 Å². The summed E-state index contributed by atoms with van der Waals surface area (Å²) < 4.78 is 0. The summed E-state index contributed by atoms with van der Waals surface area (Å²) in [5.74, 6) is 0. The normalized spacial score (nSPS) is 15.2. The third-order valence-electron chi connectivity index (χ3n) is 2.31. The minimum atomic E-state index is -0.869. The van der Waals surface area contributed by atoms with E-state index in [1.54, 1.807) is 6.92 Å². The SMILES string of the molecule is CNCC(C)(O)c1ccc(C)c(Cl)c1. The van der Waals surface area contributed by atoms with E-state index in [0.717, 1.165) is 11.1 Å². The molecule has 0 amide bonds. The van der Waals surface area contributed by atoms with E-state index in [2.05, 4.69) is 5.32 Å². The first kappa shape index (κ1) is 11.5. The first-order chi connectivity index (χ1) is 6.47. The zero-order valence-corrected chi connectivity index (χ0v) is 9.52. The van der Waals surface area contributed by atoms with Gasteiger partial charge in [-0.1, -0.05) is 23.7 Å². The summed E-state index contributed by atoms with van der Waals surface area (Å²) >= 11 is 5.99. The average Bonchev–Trinajstić information content (AvgIpc) is 2.09. The summed E-state index contributed by atoms with van der Waals surface area (Å²) in [5.41, 5.74) is 0.990. The minimum absolute atomic E-state index is 0.506. The predicted octanol–water partition coefficient (Wildman–Crippen LogP) is 2.08. The Balaban J connectivity index is 3.01. The molecule has 1 rings (SSSR count). The highest BCUT2D eigenvalue weighted by Gasteiger charge is 2.22. The molecule has 0 aliphatic rings. The van der Waals surface area contributed by atoms with Gasteiger partial charge >= 0.3 is 0 Å². The van der Waals surface area contributed by atoms with Crippen LogP contribution in [0.4, 0.5) is 0 Å². The Morgan fingerprint density at radius 2 is 2.14 bits per heavy atom. The minimum Gasteiger partial charge on any atom is -0.384 e. The molecule has 0 aliphatic heterocycles. The van der Waals surface area contributed by atoms with E-state index in [1.807, 2.05) is 32.2 Å². The van der Waals surface area contributed by atoms with Crippen molar-refractivity contribution in [2.45, 2.75) is 19.4 Å². The van der Waals surface area contributed by atoms with Gasteiger partial charge in [0.05, 0.1) is 5.60 Å². The lowest BCUT2D eigenvalue weighted by Crippen LogP contribution is -2.33. The van der Waals surface area contributed by atoms with Crippen LogP contribution in [0.15, 0.2) is 18.2 Å². The lowest BCUT2D eigenvalue weighted by atomic mass is 9.95. The molecular weight excluding hydrogens is 198 g/mol. The van der Waals surface area contributed by atoms with Crippen LogP contribution in [0.5, 0.6) is 0 Å². The van der Waals surface area contributed by atoms with E-state index in [1.165, 1.54) is 0 Å². The lowest BCUT2D eigenvalue weighted by molar-refractivity contribution is 0.0592. The maximum absolute atomic E-state index is 10.1. The van der Waals surface area contributed by atoms with Crippen molar-refractivity contribution >= 4 is 11.6 Å². The second kappa shape index (κ2) is 4.30. The smallest absolute Gasteiger partial charge is 0.0992 e. The van der Waals surface area contributed by atoms with Crippen LogP contribution in [-0.4, -0.2) is 18.7 Å². The molecule has 1 unspecified atom stereocenters. The van der Waals surface area contributed by atoms with Crippen molar-refractivity contribution in [2.75, 3.05) is 13.6 Å². The van der Waals surface area contributed by atoms with E-state index in [4.69, 9.17) is 11.6 Å². The molecule has 0 radical (unpaired) electrons. The molecule has 0 aromatic heterocycles. The second-order valence-electron chi connectivity index (χ2n) is 3.77. The molecule has 0 saturated carbocycles. The van der Waals surface area contributed by atoms with E-state index in [-0.39, 0.29) is 0 Å². The Morgan fingerprint density at radius 3 is 2.64 bits per heavy atom.